The number of carbonyl (C=O) groups excluding carboxylic acids is 1. The van der Waals surface area contributed by atoms with Crippen molar-refractivity contribution in [1.29, 1.82) is 0 Å². The summed E-state index contributed by atoms with van der Waals surface area (Å²) in [6.45, 7) is 2.79. The summed E-state index contributed by atoms with van der Waals surface area (Å²) in [5.41, 5.74) is 1.17. The zero-order valence-electron chi connectivity index (χ0n) is 11.0. The van der Waals surface area contributed by atoms with Gasteiger partial charge in [0.15, 0.2) is 6.23 Å². The van der Waals surface area contributed by atoms with Gasteiger partial charge < -0.3 is 9.64 Å². The van der Waals surface area contributed by atoms with E-state index in [1.165, 1.54) is 5.56 Å². The van der Waals surface area contributed by atoms with Crippen molar-refractivity contribution in [1.82, 2.24) is 9.80 Å². The van der Waals surface area contributed by atoms with Crippen LogP contribution in [0.25, 0.3) is 0 Å². The molecule has 4 heteroatoms. The molecule has 3 heterocycles. The van der Waals surface area contributed by atoms with Crippen LogP contribution in [-0.4, -0.2) is 40.7 Å². The number of rotatable bonds is 3. The van der Waals surface area contributed by atoms with E-state index in [9.17, 15) is 4.79 Å². The quantitative estimate of drug-likeness (QED) is 0.780. The first-order valence-corrected chi connectivity index (χ1v) is 7.10. The van der Waals surface area contributed by atoms with E-state index in [1.54, 1.807) is 0 Å². The van der Waals surface area contributed by atoms with Gasteiger partial charge in [0.1, 0.15) is 0 Å². The fourth-order valence-electron chi connectivity index (χ4n) is 3.60. The van der Waals surface area contributed by atoms with Gasteiger partial charge >= 0.3 is 6.03 Å². The largest absolute Gasteiger partial charge is 0.353 e. The maximum Gasteiger partial charge on any atom is 0.323 e. The average Bonchev–Trinajstić information content (AvgIpc) is 2.84. The van der Waals surface area contributed by atoms with E-state index < -0.39 is 0 Å². The van der Waals surface area contributed by atoms with Crippen LogP contribution in [0.5, 0.6) is 0 Å². The van der Waals surface area contributed by atoms with Gasteiger partial charge in [-0.3, -0.25) is 4.90 Å². The fourth-order valence-corrected chi connectivity index (χ4v) is 3.60. The number of benzene rings is 1. The van der Waals surface area contributed by atoms with Gasteiger partial charge in [-0.15, -0.1) is 0 Å². The van der Waals surface area contributed by atoms with Crippen molar-refractivity contribution in [2.45, 2.75) is 44.1 Å². The Balaban J connectivity index is 1.58. The van der Waals surface area contributed by atoms with Crippen molar-refractivity contribution in [3.63, 3.8) is 0 Å². The predicted molar refractivity (Wildman–Crippen MR) is 70.5 cm³/mol. The second kappa shape index (κ2) is 3.97. The van der Waals surface area contributed by atoms with Gasteiger partial charge in [-0.05, 0) is 12.0 Å². The molecule has 4 rings (SSSR count). The molecule has 2 amide bonds. The molecule has 4 atom stereocenters. The molecule has 3 saturated heterocycles. The van der Waals surface area contributed by atoms with E-state index >= 15 is 0 Å². The van der Waals surface area contributed by atoms with Crippen molar-refractivity contribution < 1.29 is 9.53 Å². The lowest BCUT2D eigenvalue weighted by atomic mass is 10.1. The lowest BCUT2D eigenvalue weighted by Gasteiger charge is -2.24. The minimum absolute atomic E-state index is 0.0192. The summed E-state index contributed by atoms with van der Waals surface area (Å²) in [7, 11) is 0. The Morgan fingerprint density at radius 3 is 2.79 bits per heavy atom. The molecule has 0 N–H and O–H groups in total. The second-order valence-corrected chi connectivity index (χ2v) is 5.59. The van der Waals surface area contributed by atoms with E-state index in [0.717, 1.165) is 12.8 Å². The molecule has 1 aromatic carbocycles. The highest BCUT2D eigenvalue weighted by atomic mass is 16.5. The SMILES string of the molecule is CCC[C@@H]1[C@H]2[C@@H]3OC[C@H](c4ccccc4)N3C(=O)N21. The Hall–Kier alpha value is -1.55. The standard InChI is InChI=1S/C15H18N2O2/c1-2-6-11-13-14-17(15(18)16(11)13)12(9-19-14)10-7-4-3-5-8-10/h3-5,7-8,11-14H,2,6,9H2,1H3/t11-,12-,13+,14+,16?/m1/s1. The van der Waals surface area contributed by atoms with Crippen molar-refractivity contribution in [2.75, 3.05) is 6.61 Å². The maximum atomic E-state index is 12.5. The van der Waals surface area contributed by atoms with E-state index in [4.69, 9.17) is 4.74 Å². The lowest BCUT2D eigenvalue weighted by Crippen LogP contribution is -2.38. The highest BCUT2D eigenvalue weighted by Crippen LogP contribution is 2.49. The molecule has 0 aliphatic carbocycles. The normalized spacial score (nSPS) is 35.5. The number of urea groups is 1. The molecule has 0 spiro atoms. The number of hydrogen-bond donors (Lipinski definition) is 0. The van der Waals surface area contributed by atoms with Crippen LogP contribution in [0.3, 0.4) is 0 Å². The summed E-state index contributed by atoms with van der Waals surface area (Å²) in [6.07, 6.45) is 2.20. The molecule has 19 heavy (non-hydrogen) atoms. The Labute approximate surface area is 112 Å². The van der Waals surface area contributed by atoms with Gasteiger partial charge in [-0.2, -0.15) is 0 Å². The minimum Gasteiger partial charge on any atom is -0.353 e. The third-order valence-corrected chi connectivity index (χ3v) is 4.52. The monoisotopic (exact) mass is 258 g/mol. The minimum atomic E-state index is -0.0192. The Bertz CT molecular complexity index is 504. The molecule has 4 nitrogen and oxygen atoms in total. The molecule has 0 unspecified atom stereocenters. The van der Waals surface area contributed by atoms with Gasteiger partial charge in [0.05, 0.1) is 24.7 Å². The van der Waals surface area contributed by atoms with Crippen LogP contribution >= 0.6 is 0 Å². The van der Waals surface area contributed by atoms with Crippen LogP contribution in [0.15, 0.2) is 30.3 Å². The Morgan fingerprint density at radius 2 is 2.05 bits per heavy atom. The van der Waals surface area contributed by atoms with Gasteiger partial charge in [0.25, 0.3) is 0 Å². The van der Waals surface area contributed by atoms with Crippen molar-refractivity contribution in [3.05, 3.63) is 35.9 Å². The third-order valence-electron chi connectivity index (χ3n) is 4.52. The summed E-state index contributed by atoms with van der Waals surface area (Å²) >= 11 is 0. The molecule has 1 aromatic rings. The molecule has 3 aliphatic rings. The Morgan fingerprint density at radius 1 is 1.26 bits per heavy atom. The van der Waals surface area contributed by atoms with Gasteiger partial charge in [0.2, 0.25) is 0 Å². The molecular formula is C15H18N2O2. The summed E-state index contributed by atoms with van der Waals surface area (Å²) in [6, 6.07) is 11.2. The first kappa shape index (κ1) is 11.3. The number of fused-ring (bicyclic) bond motifs is 3. The first-order valence-electron chi connectivity index (χ1n) is 7.10. The van der Waals surface area contributed by atoms with Crippen LogP contribution in [0, 0.1) is 0 Å². The zero-order valence-corrected chi connectivity index (χ0v) is 11.0. The zero-order chi connectivity index (χ0) is 13.0. The number of carbonyl (C=O) groups is 1. The van der Waals surface area contributed by atoms with E-state index in [-0.39, 0.29) is 18.3 Å². The molecule has 0 saturated carbocycles. The van der Waals surface area contributed by atoms with Crippen molar-refractivity contribution in [3.8, 4) is 0 Å². The smallest absolute Gasteiger partial charge is 0.323 e. The third kappa shape index (κ3) is 1.46. The maximum absolute atomic E-state index is 12.5. The summed E-state index contributed by atoms with van der Waals surface area (Å²) in [4.78, 5) is 16.4. The van der Waals surface area contributed by atoms with Crippen molar-refractivity contribution >= 4 is 6.03 Å². The molecule has 3 fully saturated rings. The van der Waals surface area contributed by atoms with E-state index in [1.807, 2.05) is 28.0 Å². The fraction of sp³-hybridized carbons (Fsp3) is 0.533. The van der Waals surface area contributed by atoms with Crippen LogP contribution < -0.4 is 0 Å². The van der Waals surface area contributed by atoms with Gasteiger partial charge in [-0.25, -0.2) is 4.79 Å². The predicted octanol–water partition coefficient (Wildman–Crippen LogP) is 2.37. The highest BCUT2D eigenvalue weighted by Gasteiger charge is 2.67. The lowest BCUT2D eigenvalue weighted by molar-refractivity contribution is 0.0618. The van der Waals surface area contributed by atoms with Crippen molar-refractivity contribution in [2.24, 2.45) is 0 Å². The number of hydrogen-bond acceptors (Lipinski definition) is 2. The molecule has 0 aromatic heterocycles. The second-order valence-electron chi connectivity index (χ2n) is 5.59. The summed E-state index contributed by atoms with van der Waals surface area (Å²) in [5.74, 6) is 0. The van der Waals surface area contributed by atoms with Crippen LogP contribution in [0.4, 0.5) is 4.79 Å². The number of amides is 2. The molecule has 100 valence electrons. The highest BCUT2D eigenvalue weighted by molar-refractivity contribution is 5.83. The molecule has 0 radical (unpaired) electrons. The Kier molecular flexibility index (Phi) is 2.36. The van der Waals surface area contributed by atoms with Crippen LogP contribution in [0.1, 0.15) is 31.4 Å². The molecule has 3 aliphatic heterocycles. The van der Waals surface area contributed by atoms with E-state index in [0.29, 0.717) is 18.7 Å². The average molecular weight is 258 g/mol. The summed E-state index contributed by atoms with van der Waals surface area (Å²) in [5, 5.41) is 0. The first-order chi connectivity index (χ1) is 9.33. The van der Waals surface area contributed by atoms with E-state index in [2.05, 4.69) is 19.1 Å². The topological polar surface area (TPSA) is 32.5 Å². The summed E-state index contributed by atoms with van der Waals surface area (Å²) < 4.78 is 5.91. The number of nitrogens with zero attached hydrogens (tertiary/aromatic N) is 2. The van der Waals surface area contributed by atoms with Gasteiger partial charge in [0, 0.05) is 0 Å². The van der Waals surface area contributed by atoms with Crippen LogP contribution in [-0.2, 0) is 4.74 Å². The molecule has 0 bridgehead atoms. The molecular weight excluding hydrogens is 240 g/mol. The number of ether oxygens (including phenoxy) is 1. The van der Waals surface area contributed by atoms with Gasteiger partial charge in [-0.1, -0.05) is 43.7 Å². The van der Waals surface area contributed by atoms with Crippen LogP contribution in [0.2, 0.25) is 0 Å².